The minimum Gasteiger partial charge on any atom is -0.396 e. The van der Waals surface area contributed by atoms with Gasteiger partial charge in [0.1, 0.15) is 5.69 Å². The van der Waals surface area contributed by atoms with Crippen LogP contribution in [0.1, 0.15) is 43.1 Å². The molecule has 0 radical (unpaired) electrons. The van der Waals surface area contributed by atoms with Crippen LogP contribution in [0, 0.1) is 0 Å². The molecule has 6 heteroatoms. The summed E-state index contributed by atoms with van der Waals surface area (Å²) in [6.45, 7) is 2.87. The van der Waals surface area contributed by atoms with Gasteiger partial charge >= 0.3 is 0 Å². The fraction of sp³-hybridized carbons (Fsp3) is 0.692. The summed E-state index contributed by atoms with van der Waals surface area (Å²) in [7, 11) is 0. The molecule has 0 bridgehead atoms. The molecule has 6 nitrogen and oxygen atoms in total. The first-order chi connectivity index (χ1) is 9.19. The number of nitrogens with two attached hydrogens (primary N) is 1. The standard InChI is InChI=1S/C13H22N4O2/c1-2-17-12(11(14)9-15-17)13(19)16(7-8-18)10-5-3-4-6-10/h9-10,18H,2-8,14H2,1H3. The van der Waals surface area contributed by atoms with Crippen LogP contribution in [0.25, 0.3) is 0 Å². The predicted molar refractivity (Wildman–Crippen MR) is 72.7 cm³/mol. The van der Waals surface area contributed by atoms with Crippen LogP contribution in [0.15, 0.2) is 6.20 Å². The lowest BCUT2D eigenvalue weighted by Gasteiger charge is -2.28. The Balaban J connectivity index is 2.25. The molecule has 0 aromatic carbocycles. The van der Waals surface area contributed by atoms with Crippen molar-refractivity contribution in [1.29, 1.82) is 0 Å². The number of anilines is 1. The van der Waals surface area contributed by atoms with Crippen molar-refractivity contribution in [2.75, 3.05) is 18.9 Å². The largest absolute Gasteiger partial charge is 0.396 e. The number of rotatable bonds is 5. The molecule has 1 aromatic heterocycles. The predicted octanol–water partition coefficient (Wildman–Crippen LogP) is 0.862. The zero-order valence-electron chi connectivity index (χ0n) is 11.4. The molecule has 1 saturated carbocycles. The van der Waals surface area contributed by atoms with Gasteiger partial charge in [-0.25, -0.2) is 0 Å². The van der Waals surface area contributed by atoms with E-state index in [9.17, 15) is 9.90 Å². The highest BCUT2D eigenvalue weighted by Gasteiger charge is 2.29. The molecule has 1 aliphatic rings. The van der Waals surface area contributed by atoms with Gasteiger partial charge in [0.2, 0.25) is 0 Å². The Labute approximate surface area is 113 Å². The number of hydrogen-bond acceptors (Lipinski definition) is 4. The van der Waals surface area contributed by atoms with E-state index in [1.165, 1.54) is 6.20 Å². The quantitative estimate of drug-likeness (QED) is 0.828. The smallest absolute Gasteiger partial charge is 0.274 e. The molecule has 19 heavy (non-hydrogen) atoms. The monoisotopic (exact) mass is 266 g/mol. The Hall–Kier alpha value is -1.56. The second-order valence-electron chi connectivity index (χ2n) is 4.92. The number of aryl methyl sites for hydroxylation is 1. The van der Waals surface area contributed by atoms with Gasteiger partial charge in [0.05, 0.1) is 18.5 Å². The van der Waals surface area contributed by atoms with Crippen LogP contribution >= 0.6 is 0 Å². The van der Waals surface area contributed by atoms with Gasteiger partial charge in [-0.2, -0.15) is 5.10 Å². The Morgan fingerprint density at radius 2 is 2.26 bits per heavy atom. The normalized spacial score (nSPS) is 15.9. The van der Waals surface area contributed by atoms with E-state index in [1.54, 1.807) is 9.58 Å². The van der Waals surface area contributed by atoms with E-state index >= 15 is 0 Å². The average Bonchev–Trinajstić information content (AvgIpc) is 3.04. The summed E-state index contributed by atoms with van der Waals surface area (Å²) in [6.07, 6.45) is 5.81. The third-order valence-corrected chi connectivity index (χ3v) is 3.74. The molecule has 1 aliphatic carbocycles. The van der Waals surface area contributed by atoms with Gasteiger partial charge < -0.3 is 15.7 Å². The highest BCUT2D eigenvalue weighted by molar-refractivity contribution is 5.97. The van der Waals surface area contributed by atoms with Crippen LogP contribution < -0.4 is 5.73 Å². The number of aliphatic hydroxyl groups excluding tert-OH is 1. The SMILES string of the molecule is CCn1ncc(N)c1C(=O)N(CCO)C1CCCC1. The maximum atomic E-state index is 12.7. The summed E-state index contributed by atoms with van der Waals surface area (Å²) in [5, 5.41) is 13.3. The van der Waals surface area contributed by atoms with Crippen LogP contribution in [-0.2, 0) is 6.54 Å². The molecule has 0 atom stereocenters. The number of nitrogens with zero attached hydrogens (tertiary/aromatic N) is 3. The first kappa shape index (κ1) is 13.9. The Bertz CT molecular complexity index is 438. The summed E-state index contributed by atoms with van der Waals surface area (Å²) in [4.78, 5) is 14.4. The number of amides is 1. The maximum Gasteiger partial charge on any atom is 0.274 e. The van der Waals surface area contributed by atoms with Crippen molar-refractivity contribution in [3.8, 4) is 0 Å². The van der Waals surface area contributed by atoms with Crippen LogP contribution in [-0.4, -0.2) is 44.9 Å². The van der Waals surface area contributed by atoms with E-state index in [4.69, 9.17) is 5.73 Å². The molecule has 0 saturated heterocycles. The molecule has 106 valence electrons. The van der Waals surface area contributed by atoms with E-state index < -0.39 is 0 Å². The molecular formula is C13H22N4O2. The third kappa shape index (κ3) is 2.73. The molecule has 0 aliphatic heterocycles. The van der Waals surface area contributed by atoms with E-state index in [-0.39, 0.29) is 18.6 Å². The van der Waals surface area contributed by atoms with Gasteiger partial charge in [-0.15, -0.1) is 0 Å². The number of carbonyl (C=O) groups excluding carboxylic acids is 1. The van der Waals surface area contributed by atoms with E-state index in [1.807, 2.05) is 6.92 Å². The molecule has 1 heterocycles. The van der Waals surface area contributed by atoms with Crippen molar-refractivity contribution < 1.29 is 9.90 Å². The molecule has 2 rings (SSSR count). The Morgan fingerprint density at radius 1 is 1.58 bits per heavy atom. The number of carbonyl (C=O) groups is 1. The zero-order valence-corrected chi connectivity index (χ0v) is 11.4. The van der Waals surface area contributed by atoms with Crippen molar-refractivity contribution in [2.45, 2.75) is 45.2 Å². The topological polar surface area (TPSA) is 84.4 Å². The van der Waals surface area contributed by atoms with Crippen molar-refractivity contribution in [2.24, 2.45) is 0 Å². The summed E-state index contributed by atoms with van der Waals surface area (Å²) >= 11 is 0. The van der Waals surface area contributed by atoms with Crippen molar-refractivity contribution in [1.82, 2.24) is 14.7 Å². The first-order valence-corrected chi connectivity index (χ1v) is 6.92. The number of aliphatic hydroxyl groups is 1. The average molecular weight is 266 g/mol. The summed E-state index contributed by atoms with van der Waals surface area (Å²) in [5.74, 6) is -0.113. The Morgan fingerprint density at radius 3 is 2.84 bits per heavy atom. The van der Waals surface area contributed by atoms with E-state index in [0.29, 0.717) is 24.5 Å². The van der Waals surface area contributed by atoms with E-state index in [0.717, 1.165) is 25.7 Å². The minimum atomic E-state index is -0.113. The van der Waals surface area contributed by atoms with Gasteiger partial charge in [0.15, 0.2) is 0 Å². The lowest BCUT2D eigenvalue weighted by atomic mass is 10.2. The molecular weight excluding hydrogens is 244 g/mol. The lowest BCUT2D eigenvalue weighted by molar-refractivity contribution is 0.0626. The van der Waals surface area contributed by atoms with Crippen LogP contribution in [0.4, 0.5) is 5.69 Å². The first-order valence-electron chi connectivity index (χ1n) is 6.92. The van der Waals surface area contributed by atoms with Gasteiger partial charge in [-0.1, -0.05) is 12.8 Å². The van der Waals surface area contributed by atoms with Gasteiger partial charge in [0.25, 0.3) is 5.91 Å². The van der Waals surface area contributed by atoms with Crippen molar-refractivity contribution in [3.63, 3.8) is 0 Å². The highest BCUT2D eigenvalue weighted by atomic mass is 16.3. The number of nitrogen functional groups attached to an aromatic ring is 1. The van der Waals surface area contributed by atoms with Gasteiger partial charge in [-0.3, -0.25) is 9.48 Å². The van der Waals surface area contributed by atoms with Crippen molar-refractivity contribution >= 4 is 11.6 Å². The summed E-state index contributed by atoms with van der Waals surface area (Å²) in [5.41, 5.74) is 6.71. The summed E-state index contributed by atoms with van der Waals surface area (Å²) in [6, 6.07) is 0.222. The van der Waals surface area contributed by atoms with Gasteiger partial charge in [-0.05, 0) is 19.8 Å². The molecule has 0 unspecified atom stereocenters. The molecule has 1 aromatic rings. The van der Waals surface area contributed by atoms with Gasteiger partial charge in [0, 0.05) is 19.1 Å². The molecule has 1 fully saturated rings. The Kier molecular flexibility index (Phi) is 4.42. The van der Waals surface area contributed by atoms with Crippen LogP contribution in [0.5, 0.6) is 0 Å². The molecule has 0 spiro atoms. The fourth-order valence-corrected chi connectivity index (χ4v) is 2.78. The second-order valence-corrected chi connectivity index (χ2v) is 4.92. The van der Waals surface area contributed by atoms with Crippen molar-refractivity contribution in [3.05, 3.63) is 11.9 Å². The lowest BCUT2D eigenvalue weighted by Crippen LogP contribution is -2.41. The minimum absolute atomic E-state index is 0.0254. The second kappa shape index (κ2) is 6.06. The maximum absolute atomic E-state index is 12.7. The number of aromatic nitrogens is 2. The third-order valence-electron chi connectivity index (χ3n) is 3.74. The van der Waals surface area contributed by atoms with E-state index in [2.05, 4.69) is 5.10 Å². The zero-order chi connectivity index (χ0) is 13.8. The molecule has 1 amide bonds. The fourth-order valence-electron chi connectivity index (χ4n) is 2.78. The summed E-state index contributed by atoms with van der Waals surface area (Å²) < 4.78 is 1.62. The number of hydrogen-bond donors (Lipinski definition) is 2. The highest BCUT2D eigenvalue weighted by Crippen LogP contribution is 2.25. The van der Waals surface area contributed by atoms with Crippen LogP contribution in [0.2, 0.25) is 0 Å². The van der Waals surface area contributed by atoms with Crippen LogP contribution in [0.3, 0.4) is 0 Å². The molecule has 3 N–H and O–H groups in total.